The Hall–Kier alpha value is -2.30. The number of nitroso groups, excluding NO2 is 1. The Labute approximate surface area is 91.1 Å². The number of pyridine rings is 1. The Balaban J connectivity index is 2.27. The lowest BCUT2D eigenvalue weighted by Crippen LogP contribution is -1.95. The van der Waals surface area contributed by atoms with Crippen LogP contribution in [0.2, 0.25) is 0 Å². The number of benzene rings is 1. The van der Waals surface area contributed by atoms with Crippen molar-refractivity contribution < 1.29 is 4.39 Å². The van der Waals surface area contributed by atoms with Crippen molar-refractivity contribution in [3.05, 3.63) is 53.3 Å². The molecule has 0 aliphatic rings. The molecule has 1 heterocycles. The van der Waals surface area contributed by atoms with Crippen molar-refractivity contribution in [2.75, 3.05) is 5.32 Å². The highest BCUT2D eigenvalue weighted by atomic mass is 19.1. The summed E-state index contributed by atoms with van der Waals surface area (Å²) in [6, 6.07) is 9.13. The highest BCUT2D eigenvalue weighted by Crippen LogP contribution is 2.20. The standard InChI is InChI=1S/C11H8FN3O/c12-9-3-1-2-4-10(9)14-11-7-8(15-16)5-6-13-11/h1-7H,(H,13,14). The Morgan fingerprint density at radius 3 is 2.81 bits per heavy atom. The van der Waals surface area contributed by atoms with Gasteiger partial charge in [-0.05, 0) is 23.4 Å². The fourth-order valence-corrected chi connectivity index (χ4v) is 1.25. The van der Waals surface area contributed by atoms with Gasteiger partial charge in [0.15, 0.2) is 0 Å². The van der Waals surface area contributed by atoms with Gasteiger partial charge in [0.05, 0.1) is 5.69 Å². The van der Waals surface area contributed by atoms with Crippen LogP contribution in [0.4, 0.5) is 21.6 Å². The minimum atomic E-state index is -0.381. The fourth-order valence-electron chi connectivity index (χ4n) is 1.25. The molecule has 0 aliphatic heterocycles. The smallest absolute Gasteiger partial charge is 0.146 e. The Morgan fingerprint density at radius 2 is 2.06 bits per heavy atom. The van der Waals surface area contributed by atoms with Crippen LogP contribution in [0.5, 0.6) is 0 Å². The van der Waals surface area contributed by atoms with Crippen molar-refractivity contribution in [1.82, 2.24) is 4.98 Å². The van der Waals surface area contributed by atoms with Gasteiger partial charge in [0.2, 0.25) is 0 Å². The summed E-state index contributed by atoms with van der Waals surface area (Å²) in [7, 11) is 0. The summed E-state index contributed by atoms with van der Waals surface area (Å²) in [6.07, 6.45) is 1.43. The van der Waals surface area contributed by atoms with E-state index in [9.17, 15) is 9.30 Å². The summed E-state index contributed by atoms with van der Waals surface area (Å²) < 4.78 is 13.3. The third kappa shape index (κ3) is 2.20. The third-order valence-corrected chi connectivity index (χ3v) is 1.99. The zero-order valence-electron chi connectivity index (χ0n) is 8.22. The number of nitrogens with one attached hydrogen (secondary N) is 1. The van der Waals surface area contributed by atoms with Gasteiger partial charge in [-0.3, -0.25) is 0 Å². The molecule has 2 aromatic rings. The third-order valence-electron chi connectivity index (χ3n) is 1.99. The van der Waals surface area contributed by atoms with E-state index in [1.807, 2.05) is 0 Å². The monoisotopic (exact) mass is 217 g/mol. The molecule has 1 aromatic carbocycles. The lowest BCUT2D eigenvalue weighted by atomic mass is 10.3. The SMILES string of the molecule is O=Nc1ccnc(Nc2ccccc2F)c1. The van der Waals surface area contributed by atoms with E-state index in [2.05, 4.69) is 15.5 Å². The van der Waals surface area contributed by atoms with E-state index in [4.69, 9.17) is 0 Å². The first-order chi connectivity index (χ1) is 7.79. The van der Waals surface area contributed by atoms with E-state index in [-0.39, 0.29) is 11.5 Å². The van der Waals surface area contributed by atoms with Gasteiger partial charge >= 0.3 is 0 Å². The van der Waals surface area contributed by atoms with E-state index in [1.54, 1.807) is 18.2 Å². The summed E-state index contributed by atoms with van der Waals surface area (Å²) in [5.41, 5.74) is 0.548. The molecule has 0 radical (unpaired) electrons. The second kappa shape index (κ2) is 4.48. The molecule has 0 amide bonds. The van der Waals surface area contributed by atoms with Gasteiger partial charge in [0, 0.05) is 12.3 Å². The number of halogens is 1. The predicted octanol–water partition coefficient (Wildman–Crippen LogP) is 3.36. The molecule has 0 spiro atoms. The molecule has 0 aliphatic carbocycles. The van der Waals surface area contributed by atoms with Gasteiger partial charge < -0.3 is 5.32 Å². The quantitative estimate of drug-likeness (QED) is 0.802. The van der Waals surface area contributed by atoms with Crippen molar-refractivity contribution in [1.29, 1.82) is 0 Å². The average molecular weight is 217 g/mol. The maximum atomic E-state index is 13.3. The summed E-state index contributed by atoms with van der Waals surface area (Å²) in [5, 5.41) is 5.53. The molecule has 1 aromatic heterocycles. The number of para-hydroxylation sites is 1. The molecule has 5 heteroatoms. The molecule has 1 N–H and O–H groups in total. The summed E-state index contributed by atoms with van der Waals surface area (Å²) in [4.78, 5) is 14.2. The molecule has 0 atom stereocenters. The highest BCUT2D eigenvalue weighted by Gasteiger charge is 2.02. The molecule has 0 unspecified atom stereocenters. The molecule has 2 rings (SSSR count). The van der Waals surface area contributed by atoms with Gasteiger partial charge in [-0.1, -0.05) is 12.1 Å². The summed E-state index contributed by atoms with van der Waals surface area (Å²) in [6.45, 7) is 0. The van der Waals surface area contributed by atoms with Crippen LogP contribution in [-0.4, -0.2) is 4.98 Å². The van der Waals surface area contributed by atoms with Gasteiger partial charge in [0.1, 0.15) is 17.3 Å². The molecular formula is C11H8FN3O. The fraction of sp³-hybridized carbons (Fsp3) is 0. The van der Waals surface area contributed by atoms with E-state index in [0.29, 0.717) is 11.5 Å². The van der Waals surface area contributed by atoms with Crippen molar-refractivity contribution in [2.24, 2.45) is 5.18 Å². The minimum Gasteiger partial charge on any atom is -0.338 e. The van der Waals surface area contributed by atoms with Crippen LogP contribution >= 0.6 is 0 Å². The number of nitrogens with zero attached hydrogens (tertiary/aromatic N) is 2. The largest absolute Gasteiger partial charge is 0.338 e. The number of hydrogen-bond acceptors (Lipinski definition) is 4. The van der Waals surface area contributed by atoms with Crippen LogP contribution in [0.25, 0.3) is 0 Å². The Morgan fingerprint density at radius 1 is 1.25 bits per heavy atom. The first-order valence-corrected chi connectivity index (χ1v) is 4.60. The second-order valence-electron chi connectivity index (χ2n) is 3.10. The molecule has 16 heavy (non-hydrogen) atoms. The lowest BCUT2D eigenvalue weighted by molar-refractivity contribution is 0.632. The number of rotatable bonds is 3. The zero-order valence-corrected chi connectivity index (χ0v) is 8.22. The number of anilines is 2. The molecule has 80 valence electrons. The molecule has 0 fully saturated rings. The molecule has 0 bridgehead atoms. The maximum Gasteiger partial charge on any atom is 0.146 e. The van der Waals surface area contributed by atoms with Gasteiger partial charge in [-0.15, -0.1) is 4.91 Å². The van der Waals surface area contributed by atoms with E-state index < -0.39 is 0 Å². The maximum absolute atomic E-state index is 13.3. The van der Waals surface area contributed by atoms with Crippen LogP contribution in [0, 0.1) is 10.7 Å². The van der Waals surface area contributed by atoms with Crippen LogP contribution in [0.3, 0.4) is 0 Å². The topological polar surface area (TPSA) is 54.4 Å². The van der Waals surface area contributed by atoms with Crippen molar-refractivity contribution in [3.8, 4) is 0 Å². The van der Waals surface area contributed by atoms with Crippen LogP contribution < -0.4 is 5.32 Å². The normalized spacial score (nSPS) is 9.81. The molecule has 4 nitrogen and oxygen atoms in total. The van der Waals surface area contributed by atoms with Gasteiger partial charge in [-0.25, -0.2) is 9.37 Å². The van der Waals surface area contributed by atoms with E-state index in [0.717, 1.165) is 0 Å². The van der Waals surface area contributed by atoms with Crippen LogP contribution in [0.15, 0.2) is 47.8 Å². The predicted molar refractivity (Wildman–Crippen MR) is 59.4 cm³/mol. The summed E-state index contributed by atoms with van der Waals surface area (Å²) >= 11 is 0. The van der Waals surface area contributed by atoms with Crippen LogP contribution in [0.1, 0.15) is 0 Å². The average Bonchev–Trinajstić information content (AvgIpc) is 2.32. The lowest BCUT2D eigenvalue weighted by Gasteiger charge is -2.05. The van der Waals surface area contributed by atoms with Gasteiger partial charge in [-0.2, -0.15) is 0 Å². The van der Waals surface area contributed by atoms with Crippen LogP contribution in [-0.2, 0) is 0 Å². The molecule has 0 saturated heterocycles. The van der Waals surface area contributed by atoms with Crippen molar-refractivity contribution in [2.45, 2.75) is 0 Å². The molecule has 0 saturated carbocycles. The highest BCUT2D eigenvalue weighted by molar-refractivity contribution is 5.59. The van der Waals surface area contributed by atoms with E-state index >= 15 is 0 Å². The van der Waals surface area contributed by atoms with Gasteiger partial charge in [0.25, 0.3) is 0 Å². The first kappa shape index (κ1) is 10.2. The Kier molecular flexibility index (Phi) is 2.86. The number of hydrogen-bond donors (Lipinski definition) is 1. The Bertz CT molecular complexity index is 516. The van der Waals surface area contributed by atoms with E-state index in [1.165, 1.54) is 24.4 Å². The second-order valence-corrected chi connectivity index (χ2v) is 3.10. The van der Waals surface area contributed by atoms with Crippen molar-refractivity contribution in [3.63, 3.8) is 0 Å². The zero-order chi connectivity index (χ0) is 11.4. The molecular weight excluding hydrogens is 209 g/mol. The number of aromatic nitrogens is 1. The first-order valence-electron chi connectivity index (χ1n) is 4.60. The minimum absolute atomic E-state index is 0.244. The van der Waals surface area contributed by atoms with Crippen molar-refractivity contribution >= 4 is 17.2 Å². The summed E-state index contributed by atoms with van der Waals surface area (Å²) in [5.74, 6) is -0.00374.